The minimum absolute atomic E-state index is 0.111. The minimum atomic E-state index is -0.796. The Kier molecular flexibility index (Phi) is 6.92. The number of halogens is 1. The second-order valence-corrected chi connectivity index (χ2v) is 5.14. The zero-order valence-electron chi connectivity index (χ0n) is 14.5. The molecule has 1 N–H and O–H groups in total. The molecule has 0 saturated carbocycles. The molecule has 2 rings (SSSR count). The maximum atomic E-state index is 13.8. The van der Waals surface area contributed by atoms with E-state index in [1.807, 2.05) is 6.92 Å². The topological polar surface area (TPSA) is 83.7 Å². The highest BCUT2D eigenvalue weighted by Gasteiger charge is 2.11. The molecule has 0 heterocycles. The lowest BCUT2D eigenvalue weighted by Crippen LogP contribution is -2.19. The van der Waals surface area contributed by atoms with E-state index in [2.05, 4.69) is 16.4 Å². The van der Waals surface area contributed by atoms with E-state index in [0.717, 1.165) is 6.07 Å². The van der Waals surface area contributed by atoms with Crippen LogP contribution in [0.5, 0.6) is 11.5 Å². The minimum Gasteiger partial charge on any atom is -0.490 e. The van der Waals surface area contributed by atoms with Crippen molar-refractivity contribution in [2.45, 2.75) is 6.92 Å². The molecule has 136 valence electrons. The number of terminal acetylenes is 1. The molecule has 0 aliphatic rings. The maximum Gasteiger partial charge on any atom is 0.274 e. The van der Waals surface area contributed by atoms with Gasteiger partial charge in [0.2, 0.25) is 0 Å². The fourth-order valence-electron chi connectivity index (χ4n) is 2.11. The number of carbonyl (C=O) groups is 1. The largest absolute Gasteiger partial charge is 0.490 e. The highest BCUT2D eigenvalue weighted by Crippen LogP contribution is 2.27. The van der Waals surface area contributed by atoms with Crippen LogP contribution in [0.3, 0.4) is 0 Å². The van der Waals surface area contributed by atoms with Crippen LogP contribution in [0.2, 0.25) is 0 Å². The zero-order valence-corrected chi connectivity index (χ0v) is 14.5. The van der Waals surface area contributed by atoms with Gasteiger partial charge in [0.05, 0.1) is 30.0 Å². The number of benzene rings is 2. The number of nitrogens with one attached hydrogen (secondary N) is 1. The summed E-state index contributed by atoms with van der Waals surface area (Å²) in [6, 6.07) is 10.4. The van der Waals surface area contributed by atoms with Crippen molar-refractivity contribution >= 4 is 12.1 Å². The first-order valence-electron chi connectivity index (χ1n) is 7.95. The fraction of sp³-hybridized carbons (Fsp3) is 0.150. The molecule has 0 radical (unpaired) electrons. The van der Waals surface area contributed by atoms with E-state index in [1.165, 1.54) is 18.3 Å². The Morgan fingerprint density at radius 1 is 1.30 bits per heavy atom. The van der Waals surface area contributed by atoms with Gasteiger partial charge >= 0.3 is 0 Å². The zero-order chi connectivity index (χ0) is 19.6. The third-order valence-corrected chi connectivity index (χ3v) is 3.30. The number of hydrogen-bond donors (Lipinski definition) is 1. The molecule has 0 fully saturated rings. The highest BCUT2D eigenvalue weighted by atomic mass is 19.1. The van der Waals surface area contributed by atoms with Gasteiger partial charge in [0.1, 0.15) is 12.4 Å². The van der Waals surface area contributed by atoms with Gasteiger partial charge in [-0.05, 0) is 48.9 Å². The number of carbonyl (C=O) groups excluding carboxylic acids is 1. The van der Waals surface area contributed by atoms with Gasteiger partial charge in [0.25, 0.3) is 5.91 Å². The van der Waals surface area contributed by atoms with E-state index in [4.69, 9.17) is 21.2 Å². The summed E-state index contributed by atoms with van der Waals surface area (Å²) in [7, 11) is 0. The SMILES string of the molecule is C#CCOc1ccc(/C=N\NC(=O)c2ccc(C#N)cc2F)cc1OCC. The molecule has 0 aromatic heterocycles. The van der Waals surface area contributed by atoms with Gasteiger partial charge in [0, 0.05) is 0 Å². The summed E-state index contributed by atoms with van der Waals surface area (Å²) in [5, 5.41) is 12.5. The summed E-state index contributed by atoms with van der Waals surface area (Å²) in [5.41, 5.74) is 2.79. The summed E-state index contributed by atoms with van der Waals surface area (Å²) < 4.78 is 24.7. The Hall–Kier alpha value is -3.84. The van der Waals surface area contributed by atoms with Crippen molar-refractivity contribution < 1.29 is 18.7 Å². The summed E-state index contributed by atoms with van der Waals surface area (Å²) in [6.07, 6.45) is 6.56. The van der Waals surface area contributed by atoms with Gasteiger partial charge in [-0.2, -0.15) is 10.4 Å². The number of nitriles is 1. The van der Waals surface area contributed by atoms with Gasteiger partial charge in [0.15, 0.2) is 11.5 Å². The van der Waals surface area contributed by atoms with Crippen LogP contribution in [0, 0.1) is 29.5 Å². The molecule has 1 amide bonds. The van der Waals surface area contributed by atoms with E-state index in [0.29, 0.717) is 23.7 Å². The summed E-state index contributed by atoms with van der Waals surface area (Å²) in [6.45, 7) is 2.37. The number of nitrogens with zero attached hydrogens (tertiary/aromatic N) is 2. The Bertz CT molecular complexity index is 942. The quantitative estimate of drug-likeness (QED) is 0.465. The van der Waals surface area contributed by atoms with Crippen molar-refractivity contribution in [1.29, 1.82) is 5.26 Å². The fourth-order valence-corrected chi connectivity index (χ4v) is 2.11. The van der Waals surface area contributed by atoms with Crippen LogP contribution >= 0.6 is 0 Å². The molecule has 0 saturated heterocycles. The average Bonchev–Trinajstić information content (AvgIpc) is 2.67. The number of amides is 1. The Balaban J connectivity index is 2.09. The second kappa shape index (κ2) is 9.59. The molecular weight excluding hydrogens is 349 g/mol. The molecule has 0 aliphatic carbocycles. The lowest BCUT2D eigenvalue weighted by molar-refractivity contribution is 0.0951. The first-order chi connectivity index (χ1) is 13.1. The van der Waals surface area contributed by atoms with Gasteiger partial charge in [-0.1, -0.05) is 5.92 Å². The first kappa shape index (κ1) is 19.5. The molecule has 7 heteroatoms. The van der Waals surface area contributed by atoms with Crippen LogP contribution in [-0.4, -0.2) is 25.3 Å². The number of rotatable bonds is 7. The molecule has 0 atom stereocenters. The van der Waals surface area contributed by atoms with Crippen molar-refractivity contribution in [2.24, 2.45) is 5.10 Å². The summed E-state index contributed by atoms with van der Waals surface area (Å²) >= 11 is 0. The van der Waals surface area contributed by atoms with Crippen molar-refractivity contribution in [3.05, 3.63) is 58.9 Å². The van der Waals surface area contributed by atoms with Gasteiger partial charge in [-0.3, -0.25) is 4.79 Å². The van der Waals surface area contributed by atoms with E-state index in [-0.39, 0.29) is 17.7 Å². The molecule has 2 aromatic rings. The van der Waals surface area contributed by atoms with Gasteiger partial charge in [-0.15, -0.1) is 6.42 Å². The van der Waals surface area contributed by atoms with E-state index >= 15 is 0 Å². The third-order valence-electron chi connectivity index (χ3n) is 3.30. The number of ether oxygens (including phenoxy) is 2. The van der Waals surface area contributed by atoms with E-state index < -0.39 is 11.7 Å². The lowest BCUT2D eigenvalue weighted by Gasteiger charge is -2.10. The average molecular weight is 365 g/mol. The van der Waals surface area contributed by atoms with Crippen molar-refractivity contribution in [3.63, 3.8) is 0 Å². The van der Waals surface area contributed by atoms with Crippen LogP contribution in [0.1, 0.15) is 28.4 Å². The first-order valence-corrected chi connectivity index (χ1v) is 7.95. The van der Waals surface area contributed by atoms with Crippen molar-refractivity contribution in [2.75, 3.05) is 13.2 Å². The molecule has 0 unspecified atom stereocenters. The van der Waals surface area contributed by atoms with Crippen LogP contribution < -0.4 is 14.9 Å². The van der Waals surface area contributed by atoms with Gasteiger partial charge < -0.3 is 9.47 Å². The Labute approximate surface area is 156 Å². The van der Waals surface area contributed by atoms with Crippen LogP contribution in [0.4, 0.5) is 4.39 Å². The lowest BCUT2D eigenvalue weighted by atomic mass is 10.1. The van der Waals surface area contributed by atoms with Crippen LogP contribution in [-0.2, 0) is 0 Å². The molecule has 6 nitrogen and oxygen atoms in total. The summed E-state index contributed by atoms with van der Waals surface area (Å²) in [5.74, 6) is 1.83. The van der Waals surface area contributed by atoms with Crippen molar-refractivity contribution in [1.82, 2.24) is 5.43 Å². The van der Waals surface area contributed by atoms with E-state index in [1.54, 1.807) is 24.3 Å². The number of hydrazone groups is 1. The molecule has 0 aliphatic heterocycles. The van der Waals surface area contributed by atoms with Crippen molar-refractivity contribution in [3.8, 4) is 29.9 Å². The Morgan fingerprint density at radius 3 is 2.78 bits per heavy atom. The van der Waals surface area contributed by atoms with E-state index in [9.17, 15) is 9.18 Å². The summed E-state index contributed by atoms with van der Waals surface area (Å²) in [4.78, 5) is 12.0. The van der Waals surface area contributed by atoms with Crippen LogP contribution in [0.25, 0.3) is 0 Å². The van der Waals surface area contributed by atoms with Crippen LogP contribution in [0.15, 0.2) is 41.5 Å². The molecule has 0 spiro atoms. The Morgan fingerprint density at radius 2 is 2.11 bits per heavy atom. The number of hydrogen-bond acceptors (Lipinski definition) is 5. The molecule has 27 heavy (non-hydrogen) atoms. The normalized spacial score (nSPS) is 10.1. The second-order valence-electron chi connectivity index (χ2n) is 5.14. The standard InChI is InChI=1S/C20H16FN3O3/c1-3-9-27-18-8-6-15(11-19(18)26-4-2)13-23-24-20(25)16-7-5-14(12-22)10-17(16)21/h1,5-8,10-11,13H,4,9H2,2H3,(H,24,25)/b23-13-. The maximum absolute atomic E-state index is 13.8. The third kappa shape index (κ3) is 5.32. The monoisotopic (exact) mass is 365 g/mol. The molecule has 2 aromatic carbocycles. The predicted octanol–water partition coefficient (Wildman–Crippen LogP) is 2.87. The molecule has 0 bridgehead atoms. The predicted molar refractivity (Wildman–Crippen MR) is 98.1 cm³/mol. The molecular formula is C20H16FN3O3. The highest BCUT2D eigenvalue weighted by molar-refractivity contribution is 5.95. The smallest absolute Gasteiger partial charge is 0.274 e. The van der Waals surface area contributed by atoms with Gasteiger partial charge in [-0.25, -0.2) is 9.82 Å².